The summed E-state index contributed by atoms with van der Waals surface area (Å²) in [6, 6.07) is 0. The molecule has 0 spiro atoms. The minimum atomic E-state index is -2.65. The van der Waals surface area contributed by atoms with Gasteiger partial charge in [0.1, 0.15) is 11.1 Å². The van der Waals surface area contributed by atoms with E-state index in [0.717, 1.165) is 0 Å². The maximum absolute atomic E-state index is 13.7. The van der Waals surface area contributed by atoms with Gasteiger partial charge in [-0.15, -0.1) is 0 Å². The van der Waals surface area contributed by atoms with Gasteiger partial charge in [0.2, 0.25) is 11.6 Å². The maximum Gasteiger partial charge on any atom is 0.205 e. The average Bonchev–Trinajstić information content (AvgIpc) is 2.55. The average molecular weight is 358 g/mol. The third kappa shape index (κ3) is 2.33. The normalized spacial score (nSPS) is 11.1. The highest BCUT2D eigenvalue weighted by molar-refractivity contribution is 6.09. The van der Waals surface area contributed by atoms with E-state index < -0.39 is 74.8 Å². The first-order chi connectivity index (χ1) is 11.0. The summed E-state index contributed by atoms with van der Waals surface area (Å²) in [5.41, 5.74) is -5.55. The molecular weight excluding hydrogens is 355 g/mol. The summed E-state index contributed by atoms with van der Waals surface area (Å²) in [5.74, 6) is -24.4. The molecule has 0 aliphatic rings. The fourth-order valence-corrected chi connectivity index (χ4v) is 1.87. The number of hydrogen-bond donors (Lipinski definition) is 0. The zero-order chi connectivity index (χ0) is 18.5. The Morgan fingerprint density at radius 3 is 1.08 bits per heavy atom. The predicted octanol–water partition coefficient (Wildman–Crippen LogP) is 4.48. The van der Waals surface area contributed by atoms with Gasteiger partial charge < -0.3 is 0 Å². The lowest BCUT2D eigenvalue weighted by Crippen LogP contribution is -2.18. The van der Waals surface area contributed by atoms with Crippen molar-refractivity contribution in [3.63, 3.8) is 0 Å². The molecule has 24 heavy (non-hydrogen) atoms. The number of benzene rings is 2. The van der Waals surface area contributed by atoms with Crippen molar-refractivity contribution in [3.05, 3.63) is 69.0 Å². The summed E-state index contributed by atoms with van der Waals surface area (Å²) in [7, 11) is 0. The minimum Gasteiger partial charge on any atom is -0.288 e. The molecule has 2 aromatic rings. The van der Waals surface area contributed by atoms with E-state index in [4.69, 9.17) is 0 Å². The second kappa shape index (κ2) is 5.84. The Balaban J connectivity index is 2.87. The number of ketones is 1. The van der Waals surface area contributed by atoms with Crippen molar-refractivity contribution < 1.29 is 44.3 Å². The van der Waals surface area contributed by atoms with Crippen molar-refractivity contribution in [2.45, 2.75) is 6.92 Å². The van der Waals surface area contributed by atoms with Crippen molar-refractivity contribution in [1.82, 2.24) is 0 Å². The van der Waals surface area contributed by atoms with Gasteiger partial charge in [-0.05, 0) is 6.92 Å². The number of rotatable bonds is 2. The molecule has 10 heteroatoms. The summed E-state index contributed by atoms with van der Waals surface area (Å²) in [4.78, 5) is 11.8. The first-order valence-corrected chi connectivity index (χ1v) is 5.90. The van der Waals surface area contributed by atoms with Gasteiger partial charge in [-0.2, -0.15) is 0 Å². The molecule has 2 rings (SSSR count). The highest BCUT2D eigenvalue weighted by Crippen LogP contribution is 2.29. The number of carbonyl (C=O) groups excluding carboxylic acids is 1. The fourth-order valence-electron chi connectivity index (χ4n) is 1.87. The van der Waals surface area contributed by atoms with Crippen LogP contribution in [0.2, 0.25) is 0 Å². The van der Waals surface area contributed by atoms with E-state index in [1.807, 2.05) is 0 Å². The van der Waals surface area contributed by atoms with Crippen molar-refractivity contribution in [2.24, 2.45) is 0 Å². The highest BCUT2D eigenvalue weighted by atomic mass is 19.2. The van der Waals surface area contributed by atoms with E-state index in [9.17, 15) is 44.3 Å². The van der Waals surface area contributed by atoms with E-state index in [2.05, 4.69) is 0 Å². The largest absolute Gasteiger partial charge is 0.288 e. The van der Waals surface area contributed by atoms with Gasteiger partial charge in [-0.3, -0.25) is 4.79 Å². The molecule has 128 valence electrons. The van der Waals surface area contributed by atoms with Crippen molar-refractivity contribution >= 4 is 5.78 Å². The molecule has 0 aliphatic heterocycles. The monoisotopic (exact) mass is 358 g/mol. The molecule has 0 fully saturated rings. The van der Waals surface area contributed by atoms with Crippen LogP contribution < -0.4 is 0 Å². The van der Waals surface area contributed by atoms with Crippen LogP contribution in [-0.4, -0.2) is 5.78 Å². The Labute approximate surface area is 127 Å². The first-order valence-electron chi connectivity index (χ1n) is 5.90. The number of halogens is 9. The van der Waals surface area contributed by atoms with Gasteiger partial charge in [-0.1, -0.05) is 0 Å². The Morgan fingerprint density at radius 2 is 0.750 bits per heavy atom. The third-order valence-corrected chi connectivity index (χ3v) is 3.15. The van der Waals surface area contributed by atoms with Gasteiger partial charge >= 0.3 is 0 Å². The van der Waals surface area contributed by atoms with Crippen LogP contribution in [0, 0.1) is 59.3 Å². The van der Waals surface area contributed by atoms with Crippen LogP contribution in [0.25, 0.3) is 0 Å². The summed E-state index contributed by atoms with van der Waals surface area (Å²) in [6.07, 6.45) is 0. The van der Waals surface area contributed by atoms with E-state index in [1.165, 1.54) is 0 Å². The van der Waals surface area contributed by atoms with Crippen LogP contribution in [0.1, 0.15) is 21.5 Å². The molecular formula is C14H3F9O. The lowest BCUT2D eigenvalue weighted by atomic mass is 9.98. The zero-order valence-electron chi connectivity index (χ0n) is 11.3. The first kappa shape index (κ1) is 17.8. The van der Waals surface area contributed by atoms with Gasteiger partial charge in [0.05, 0.1) is 0 Å². The quantitative estimate of drug-likeness (QED) is 0.335. The molecule has 0 radical (unpaired) electrons. The highest BCUT2D eigenvalue weighted by Gasteiger charge is 2.35. The molecule has 0 aliphatic carbocycles. The van der Waals surface area contributed by atoms with E-state index in [0.29, 0.717) is 6.92 Å². The lowest BCUT2D eigenvalue weighted by molar-refractivity contribution is 0.101. The van der Waals surface area contributed by atoms with Gasteiger partial charge in [-0.25, -0.2) is 39.5 Å². The van der Waals surface area contributed by atoms with Crippen molar-refractivity contribution in [3.8, 4) is 0 Å². The maximum atomic E-state index is 13.7. The van der Waals surface area contributed by atoms with Gasteiger partial charge in [0.25, 0.3) is 0 Å². The van der Waals surface area contributed by atoms with Crippen molar-refractivity contribution in [1.29, 1.82) is 0 Å². The Morgan fingerprint density at radius 1 is 0.500 bits per heavy atom. The van der Waals surface area contributed by atoms with Crippen LogP contribution in [0.15, 0.2) is 0 Å². The molecule has 0 saturated carbocycles. The van der Waals surface area contributed by atoms with Gasteiger partial charge in [0.15, 0.2) is 46.5 Å². The summed E-state index contributed by atoms with van der Waals surface area (Å²) in [6.45, 7) is 0.601. The molecule has 2 aromatic carbocycles. The topological polar surface area (TPSA) is 17.1 Å². The molecule has 0 amide bonds. The summed E-state index contributed by atoms with van der Waals surface area (Å²) < 4.78 is 120. The van der Waals surface area contributed by atoms with Crippen LogP contribution in [0.4, 0.5) is 39.5 Å². The zero-order valence-corrected chi connectivity index (χ0v) is 11.3. The fraction of sp³-hybridized carbons (Fsp3) is 0.0714. The van der Waals surface area contributed by atoms with E-state index in [1.54, 1.807) is 0 Å². The van der Waals surface area contributed by atoms with Crippen LogP contribution in [0.3, 0.4) is 0 Å². The minimum absolute atomic E-state index is 0.601. The molecule has 0 unspecified atom stereocenters. The molecule has 1 nitrogen and oxygen atoms in total. The predicted molar refractivity (Wildman–Crippen MR) is 60.7 cm³/mol. The summed E-state index contributed by atoms with van der Waals surface area (Å²) in [5, 5.41) is 0. The molecule has 0 bridgehead atoms. The van der Waals surface area contributed by atoms with Crippen molar-refractivity contribution in [2.75, 3.05) is 0 Å². The number of carbonyl (C=O) groups is 1. The molecule has 0 atom stereocenters. The second-order valence-corrected chi connectivity index (χ2v) is 4.53. The molecule has 0 N–H and O–H groups in total. The van der Waals surface area contributed by atoms with E-state index in [-0.39, 0.29) is 0 Å². The molecule has 0 aromatic heterocycles. The molecule has 0 saturated heterocycles. The Kier molecular flexibility index (Phi) is 4.34. The number of hydrogen-bond acceptors (Lipinski definition) is 1. The van der Waals surface area contributed by atoms with Crippen LogP contribution in [-0.2, 0) is 0 Å². The van der Waals surface area contributed by atoms with Crippen LogP contribution >= 0.6 is 0 Å². The smallest absolute Gasteiger partial charge is 0.205 e. The van der Waals surface area contributed by atoms with Gasteiger partial charge in [0, 0.05) is 5.56 Å². The van der Waals surface area contributed by atoms with E-state index >= 15 is 0 Å². The third-order valence-electron chi connectivity index (χ3n) is 3.15. The Bertz CT molecular complexity index is 759. The van der Waals surface area contributed by atoms with Crippen LogP contribution in [0.5, 0.6) is 0 Å². The SMILES string of the molecule is Cc1c(F)c(F)c(C(=O)c2c(F)c(F)c(F)c(F)c2F)c(F)c1F. The Hall–Kier alpha value is -2.52. The lowest BCUT2D eigenvalue weighted by Gasteiger charge is -2.11. The molecule has 0 heterocycles. The second-order valence-electron chi connectivity index (χ2n) is 4.53. The standard InChI is InChI=1S/C14H3F9O/c1-2-5(15)7(17)3(8(18)6(2)16)14(24)4-9(19)11(21)13(23)12(22)10(4)20/h1H3. The summed E-state index contributed by atoms with van der Waals surface area (Å²) >= 11 is 0.